The maximum Gasteiger partial charge on any atom is 0.119 e. The smallest absolute Gasteiger partial charge is 0.119 e. The predicted molar refractivity (Wildman–Crippen MR) is 117 cm³/mol. The van der Waals surface area contributed by atoms with E-state index in [1.807, 2.05) is 35.8 Å². The van der Waals surface area contributed by atoms with Gasteiger partial charge in [-0.2, -0.15) is 0 Å². The molecule has 0 saturated heterocycles. The molecule has 1 aromatic carbocycles. The Bertz CT molecular complexity index is 694. The molecule has 4 atom stereocenters. The van der Waals surface area contributed by atoms with Crippen molar-refractivity contribution in [3.63, 3.8) is 0 Å². The number of hydrogen-bond donors (Lipinski definition) is 1. The summed E-state index contributed by atoms with van der Waals surface area (Å²) in [6.45, 7) is 2.80. The van der Waals surface area contributed by atoms with Crippen molar-refractivity contribution in [3.8, 4) is 5.75 Å². The molecule has 1 heterocycles. The molecule has 154 valence electrons. The van der Waals surface area contributed by atoms with Gasteiger partial charge in [0.05, 0.1) is 17.7 Å². The van der Waals surface area contributed by atoms with Gasteiger partial charge in [0.25, 0.3) is 0 Å². The van der Waals surface area contributed by atoms with E-state index < -0.39 is 6.10 Å². The van der Waals surface area contributed by atoms with Gasteiger partial charge in [0.1, 0.15) is 5.75 Å². The van der Waals surface area contributed by atoms with Crippen LogP contribution in [0.25, 0.3) is 0 Å². The summed E-state index contributed by atoms with van der Waals surface area (Å²) >= 11 is 8.37. The lowest BCUT2D eigenvalue weighted by atomic mass is 9.91. The maximum absolute atomic E-state index is 10.3. The van der Waals surface area contributed by atoms with Gasteiger partial charge < -0.3 is 9.84 Å². The van der Waals surface area contributed by atoms with E-state index in [9.17, 15) is 5.11 Å². The van der Waals surface area contributed by atoms with Gasteiger partial charge in [-0.15, -0.1) is 22.9 Å². The molecule has 0 bridgehead atoms. The first-order chi connectivity index (χ1) is 13.7. The van der Waals surface area contributed by atoms with E-state index in [1.165, 1.54) is 17.8 Å². The summed E-state index contributed by atoms with van der Waals surface area (Å²) in [6.07, 6.45) is 10.1. The first-order valence-corrected chi connectivity index (χ1v) is 11.9. The molecule has 2 unspecified atom stereocenters. The van der Waals surface area contributed by atoms with Gasteiger partial charge in [-0.05, 0) is 62.1 Å². The molecule has 28 heavy (non-hydrogen) atoms. The zero-order valence-electron chi connectivity index (χ0n) is 16.7. The normalized spacial score (nSPS) is 23.0. The first-order valence-electron chi connectivity index (χ1n) is 10.6. The van der Waals surface area contributed by atoms with Crippen LogP contribution in [0, 0.1) is 11.8 Å². The molecule has 3 nitrogen and oxygen atoms in total. The van der Waals surface area contributed by atoms with Crippen LogP contribution in [0.15, 0.2) is 35.8 Å². The number of aliphatic hydroxyl groups excluding tert-OH is 1. The second-order valence-electron chi connectivity index (χ2n) is 7.88. The number of alkyl halides is 1. The van der Waals surface area contributed by atoms with Crippen molar-refractivity contribution < 1.29 is 9.84 Å². The number of nitrogens with zero attached hydrogens (tertiary/aromatic N) is 1. The number of unbranched alkanes of at least 4 members (excludes halogenated alkanes) is 1. The Labute approximate surface area is 178 Å². The highest BCUT2D eigenvalue weighted by molar-refractivity contribution is 7.09. The highest BCUT2D eigenvalue weighted by atomic mass is 35.5. The minimum atomic E-state index is -0.408. The first kappa shape index (κ1) is 21.6. The lowest BCUT2D eigenvalue weighted by Crippen LogP contribution is -2.23. The van der Waals surface area contributed by atoms with Gasteiger partial charge in [-0.25, -0.2) is 4.98 Å². The molecule has 1 saturated carbocycles. The molecule has 0 spiro atoms. The summed E-state index contributed by atoms with van der Waals surface area (Å²) in [5.41, 5.74) is 0.944. The molecule has 1 aliphatic carbocycles. The van der Waals surface area contributed by atoms with E-state index in [-0.39, 0.29) is 5.38 Å². The molecule has 0 amide bonds. The molecule has 5 heteroatoms. The van der Waals surface area contributed by atoms with E-state index in [0.717, 1.165) is 49.8 Å². The summed E-state index contributed by atoms with van der Waals surface area (Å²) in [4.78, 5) is 4.38. The lowest BCUT2D eigenvalue weighted by molar-refractivity contribution is 0.163. The van der Waals surface area contributed by atoms with Gasteiger partial charge in [0.15, 0.2) is 0 Å². The Hall–Kier alpha value is -1.10. The van der Waals surface area contributed by atoms with Crippen LogP contribution in [-0.2, 0) is 6.42 Å². The van der Waals surface area contributed by atoms with Crippen LogP contribution in [0.2, 0.25) is 0 Å². The summed E-state index contributed by atoms with van der Waals surface area (Å²) in [5, 5.41) is 13.8. The van der Waals surface area contributed by atoms with Crippen LogP contribution in [-0.4, -0.2) is 22.1 Å². The maximum atomic E-state index is 10.3. The number of aryl methyl sites for hydroxylation is 1. The van der Waals surface area contributed by atoms with Gasteiger partial charge in [0.2, 0.25) is 0 Å². The Morgan fingerprint density at radius 2 is 2.21 bits per heavy atom. The molecule has 0 radical (unpaired) electrons. The summed E-state index contributed by atoms with van der Waals surface area (Å²) in [6, 6.07) is 7.91. The molecule has 1 fully saturated rings. The Balaban J connectivity index is 1.50. The molecular weight excluding hydrogens is 390 g/mol. The monoisotopic (exact) mass is 421 g/mol. The molecule has 1 aromatic heterocycles. The second-order valence-corrected chi connectivity index (χ2v) is 9.42. The third-order valence-electron chi connectivity index (χ3n) is 5.85. The average Bonchev–Trinajstić information content (AvgIpc) is 3.35. The third kappa shape index (κ3) is 6.20. The van der Waals surface area contributed by atoms with Crippen LogP contribution in [0.5, 0.6) is 5.75 Å². The minimum absolute atomic E-state index is 0.197. The zero-order chi connectivity index (χ0) is 19.8. The van der Waals surface area contributed by atoms with E-state index in [2.05, 4.69) is 11.9 Å². The SMILES string of the molecule is CCCCC(O)c1cccc(OC[C@H]2C(Cl)CC[C@@H]2CCCc2nccs2)c1. The summed E-state index contributed by atoms with van der Waals surface area (Å²) in [5.74, 6) is 1.86. The highest BCUT2D eigenvalue weighted by Crippen LogP contribution is 2.39. The number of aromatic nitrogens is 1. The topological polar surface area (TPSA) is 42.4 Å². The van der Waals surface area contributed by atoms with E-state index >= 15 is 0 Å². The summed E-state index contributed by atoms with van der Waals surface area (Å²) in [7, 11) is 0. The molecule has 0 aliphatic heterocycles. The van der Waals surface area contributed by atoms with Gasteiger partial charge >= 0.3 is 0 Å². The number of thiazole rings is 1. The van der Waals surface area contributed by atoms with E-state index in [1.54, 1.807) is 11.3 Å². The molecule has 3 rings (SSSR count). The average molecular weight is 422 g/mol. The van der Waals surface area contributed by atoms with Crippen molar-refractivity contribution in [2.24, 2.45) is 11.8 Å². The van der Waals surface area contributed by atoms with Crippen molar-refractivity contribution in [1.82, 2.24) is 4.98 Å². The quantitative estimate of drug-likeness (QED) is 0.426. The van der Waals surface area contributed by atoms with E-state index in [4.69, 9.17) is 16.3 Å². The third-order valence-corrected chi connectivity index (χ3v) is 7.23. The van der Waals surface area contributed by atoms with Gasteiger partial charge in [-0.3, -0.25) is 0 Å². The Kier molecular flexibility index (Phi) is 8.63. The van der Waals surface area contributed by atoms with Crippen LogP contribution in [0.4, 0.5) is 0 Å². The van der Waals surface area contributed by atoms with Crippen LogP contribution < -0.4 is 4.74 Å². The van der Waals surface area contributed by atoms with Crippen LogP contribution >= 0.6 is 22.9 Å². The fraction of sp³-hybridized carbons (Fsp3) is 0.609. The van der Waals surface area contributed by atoms with Crippen molar-refractivity contribution in [2.45, 2.75) is 69.8 Å². The fourth-order valence-electron chi connectivity index (χ4n) is 4.16. The number of hydrogen-bond acceptors (Lipinski definition) is 4. The van der Waals surface area contributed by atoms with Gasteiger partial charge in [0, 0.05) is 22.9 Å². The van der Waals surface area contributed by atoms with E-state index in [0.29, 0.717) is 18.4 Å². The Morgan fingerprint density at radius 3 is 3.00 bits per heavy atom. The minimum Gasteiger partial charge on any atom is -0.493 e. The lowest BCUT2D eigenvalue weighted by Gasteiger charge is -2.22. The van der Waals surface area contributed by atoms with Crippen LogP contribution in [0.3, 0.4) is 0 Å². The van der Waals surface area contributed by atoms with Gasteiger partial charge in [-0.1, -0.05) is 31.9 Å². The highest BCUT2D eigenvalue weighted by Gasteiger charge is 2.35. The van der Waals surface area contributed by atoms with Crippen molar-refractivity contribution in [3.05, 3.63) is 46.4 Å². The van der Waals surface area contributed by atoms with Crippen molar-refractivity contribution in [2.75, 3.05) is 6.61 Å². The number of halogens is 1. The second kappa shape index (κ2) is 11.2. The number of ether oxygens (including phenoxy) is 1. The molecule has 2 aromatic rings. The Morgan fingerprint density at radius 1 is 1.32 bits per heavy atom. The van der Waals surface area contributed by atoms with Crippen LogP contribution in [0.1, 0.15) is 68.5 Å². The largest absolute Gasteiger partial charge is 0.493 e. The van der Waals surface area contributed by atoms with Crippen molar-refractivity contribution in [1.29, 1.82) is 0 Å². The number of benzene rings is 1. The predicted octanol–water partition coefficient (Wildman–Crippen LogP) is 6.40. The van der Waals surface area contributed by atoms with Crippen molar-refractivity contribution >= 4 is 22.9 Å². The summed E-state index contributed by atoms with van der Waals surface area (Å²) < 4.78 is 6.13. The fourth-order valence-corrected chi connectivity index (χ4v) is 5.22. The standard InChI is InChI=1S/C23H32ClNO2S/c1-2-3-9-22(26)18-7-4-8-19(15-18)27-16-20-17(11-12-21(20)24)6-5-10-23-25-13-14-28-23/h4,7-8,13-15,17,20-22,26H,2-3,5-6,9-12,16H2,1H3/t17-,20+,21?,22?/m0/s1. The molecule has 1 N–H and O–H groups in total. The zero-order valence-corrected chi connectivity index (χ0v) is 18.3. The number of rotatable bonds is 11. The number of aliphatic hydroxyl groups is 1. The molecular formula is C23H32ClNO2S. The molecule has 1 aliphatic rings.